The number of nitrogens with one attached hydrogen (secondary N) is 1. The van der Waals surface area contributed by atoms with E-state index in [2.05, 4.69) is 10.2 Å². The van der Waals surface area contributed by atoms with Crippen molar-refractivity contribution in [3.05, 3.63) is 0 Å². The molecule has 1 N–H and O–H groups in total. The van der Waals surface area contributed by atoms with Gasteiger partial charge in [0.1, 0.15) is 6.04 Å². The molecule has 0 aromatic heterocycles. The third-order valence-electron chi connectivity index (χ3n) is 4.51. The molecule has 2 saturated carbocycles. The largest absolute Gasteiger partial charge is 0.468 e. The number of fused-ring (bicyclic) bond motifs is 1. The minimum Gasteiger partial charge on any atom is -0.468 e. The summed E-state index contributed by atoms with van der Waals surface area (Å²) in [5.41, 5.74) is 0. The van der Waals surface area contributed by atoms with Gasteiger partial charge >= 0.3 is 5.97 Å². The van der Waals surface area contributed by atoms with Crippen LogP contribution in [0.2, 0.25) is 0 Å². The minimum atomic E-state index is -0.183. The number of hydrogen-bond donors (Lipinski definition) is 1. The van der Waals surface area contributed by atoms with E-state index in [0.29, 0.717) is 18.2 Å². The van der Waals surface area contributed by atoms with Crippen LogP contribution in [0.5, 0.6) is 0 Å². The molecule has 5 nitrogen and oxygen atoms in total. The highest BCUT2D eigenvalue weighted by atomic mass is 16.5. The molecule has 19 heavy (non-hydrogen) atoms. The molecule has 108 valence electrons. The van der Waals surface area contributed by atoms with E-state index in [9.17, 15) is 4.79 Å². The maximum Gasteiger partial charge on any atom is 0.324 e. The van der Waals surface area contributed by atoms with Crippen molar-refractivity contribution in [1.82, 2.24) is 10.2 Å². The van der Waals surface area contributed by atoms with E-state index >= 15 is 0 Å². The monoisotopic (exact) mass is 268 g/mol. The second-order valence-electron chi connectivity index (χ2n) is 5.92. The minimum absolute atomic E-state index is 0.132. The molecule has 1 saturated heterocycles. The fourth-order valence-corrected chi connectivity index (χ4v) is 3.34. The number of methoxy groups -OCH3 is 1. The van der Waals surface area contributed by atoms with Gasteiger partial charge in [-0.2, -0.15) is 0 Å². The lowest BCUT2D eigenvalue weighted by Crippen LogP contribution is -2.55. The first-order chi connectivity index (χ1) is 9.28. The summed E-state index contributed by atoms with van der Waals surface area (Å²) in [7, 11) is 1.47. The summed E-state index contributed by atoms with van der Waals surface area (Å²) < 4.78 is 10.8. The van der Waals surface area contributed by atoms with E-state index < -0.39 is 0 Å². The van der Waals surface area contributed by atoms with Gasteiger partial charge in [-0.15, -0.1) is 0 Å². The molecule has 3 aliphatic rings. The Labute approximate surface area is 114 Å². The Morgan fingerprint density at radius 3 is 3.00 bits per heavy atom. The van der Waals surface area contributed by atoms with Crippen LogP contribution in [0.4, 0.5) is 0 Å². The molecule has 0 bridgehead atoms. The van der Waals surface area contributed by atoms with Crippen LogP contribution < -0.4 is 5.32 Å². The predicted octanol–water partition coefficient (Wildman–Crippen LogP) is 0.533. The van der Waals surface area contributed by atoms with Gasteiger partial charge in [0.25, 0.3) is 0 Å². The number of esters is 1. The molecule has 3 atom stereocenters. The number of carbonyl (C=O) groups is 1. The van der Waals surface area contributed by atoms with Gasteiger partial charge in [-0.25, -0.2) is 0 Å². The summed E-state index contributed by atoms with van der Waals surface area (Å²) >= 11 is 0. The molecule has 0 amide bonds. The van der Waals surface area contributed by atoms with Crippen molar-refractivity contribution in [1.29, 1.82) is 0 Å². The molecule has 0 spiro atoms. The second kappa shape index (κ2) is 5.77. The van der Waals surface area contributed by atoms with E-state index in [4.69, 9.17) is 9.47 Å². The highest BCUT2D eigenvalue weighted by molar-refractivity contribution is 5.76. The lowest BCUT2D eigenvalue weighted by atomic mass is 10.1. The Bertz CT molecular complexity index is 333. The average molecular weight is 268 g/mol. The van der Waals surface area contributed by atoms with E-state index in [1.165, 1.54) is 39.2 Å². The first-order valence-corrected chi connectivity index (χ1v) is 7.47. The molecule has 1 heterocycles. The maximum absolute atomic E-state index is 11.9. The van der Waals surface area contributed by atoms with Gasteiger partial charge in [0, 0.05) is 25.2 Å². The summed E-state index contributed by atoms with van der Waals surface area (Å²) in [6.45, 7) is 2.48. The summed E-state index contributed by atoms with van der Waals surface area (Å²) in [5, 5.41) is 3.41. The number of ether oxygens (including phenoxy) is 2. The molecule has 5 heteroatoms. The van der Waals surface area contributed by atoms with Gasteiger partial charge in [0.05, 0.1) is 19.8 Å². The van der Waals surface area contributed by atoms with Crippen LogP contribution in [0.25, 0.3) is 0 Å². The highest BCUT2D eigenvalue weighted by Crippen LogP contribution is 2.30. The molecule has 2 aliphatic carbocycles. The van der Waals surface area contributed by atoms with Crippen LogP contribution in [0.3, 0.4) is 0 Å². The first kappa shape index (κ1) is 13.3. The van der Waals surface area contributed by atoms with Crippen LogP contribution in [-0.2, 0) is 14.3 Å². The van der Waals surface area contributed by atoms with Crippen molar-refractivity contribution >= 4 is 5.97 Å². The zero-order valence-electron chi connectivity index (χ0n) is 11.6. The fraction of sp³-hybridized carbons (Fsp3) is 0.929. The predicted molar refractivity (Wildman–Crippen MR) is 70.9 cm³/mol. The van der Waals surface area contributed by atoms with Crippen molar-refractivity contribution in [3.8, 4) is 0 Å². The summed E-state index contributed by atoms with van der Waals surface area (Å²) in [6.07, 6.45) is 6.35. The molecule has 3 fully saturated rings. The Balaban J connectivity index is 1.61. The number of hydrogen-bond acceptors (Lipinski definition) is 5. The Morgan fingerprint density at radius 1 is 1.42 bits per heavy atom. The second-order valence-corrected chi connectivity index (χ2v) is 5.92. The van der Waals surface area contributed by atoms with Crippen molar-refractivity contribution in [3.63, 3.8) is 0 Å². The molecule has 1 aliphatic heterocycles. The third kappa shape index (κ3) is 3.09. The normalized spacial score (nSPS) is 32.9. The number of rotatable bonds is 5. The van der Waals surface area contributed by atoms with Crippen molar-refractivity contribution in [2.24, 2.45) is 0 Å². The van der Waals surface area contributed by atoms with Gasteiger partial charge in [0.15, 0.2) is 0 Å². The van der Waals surface area contributed by atoms with Crippen LogP contribution in [0, 0.1) is 0 Å². The summed E-state index contributed by atoms with van der Waals surface area (Å²) in [6, 6.07) is 0.836. The quantitative estimate of drug-likeness (QED) is 0.737. The van der Waals surface area contributed by atoms with E-state index in [-0.39, 0.29) is 12.0 Å². The lowest BCUT2D eigenvalue weighted by Gasteiger charge is -2.39. The Kier molecular flexibility index (Phi) is 4.05. The number of carbonyl (C=O) groups excluding carboxylic acids is 1. The Morgan fingerprint density at radius 2 is 2.26 bits per heavy atom. The average Bonchev–Trinajstić information content (AvgIpc) is 3.11. The van der Waals surface area contributed by atoms with Gasteiger partial charge in [-0.05, 0) is 32.1 Å². The molecule has 0 aromatic rings. The first-order valence-electron chi connectivity index (χ1n) is 7.47. The standard InChI is InChI=1S/C14H24N2O3/c1-18-14(17)11(15-10-5-6-10)9-16-7-8-19-13-4-2-3-12(13)16/h10-13,15H,2-9H2,1H3. The Hall–Kier alpha value is -0.650. The smallest absolute Gasteiger partial charge is 0.324 e. The summed E-state index contributed by atoms with van der Waals surface area (Å²) in [5.74, 6) is -0.132. The van der Waals surface area contributed by atoms with Crippen molar-refractivity contribution in [2.75, 3.05) is 26.8 Å². The van der Waals surface area contributed by atoms with Crippen LogP contribution >= 0.6 is 0 Å². The van der Waals surface area contributed by atoms with E-state index in [1.54, 1.807) is 0 Å². The molecular weight excluding hydrogens is 244 g/mol. The van der Waals surface area contributed by atoms with Crippen LogP contribution in [0.1, 0.15) is 32.1 Å². The zero-order valence-corrected chi connectivity index (χ0v) is 11.6. The van der Waals surface area contributed by atoms with E-state index in [0.717, 1.165) is 19.7 Å². The van der Waals surface area contributed by atoms with Gasteiger partial charge in [-0.3, -0.25) is 9.69 Å². The van der Waals surface area contributed by atoms with Crippen LogP contribution in [-0.4, -0.2) is 61.9 Å². The van der Waals surface area contributed by atoms with Gasteiger partial charge in [0.2, 0.25) is 0 Å². The van der Waals surface area contributed by atoms with E-state index in [1.807, 2.05) is 0 Å². The van der Waals surface area contributed by atoms with Crippen molar-refractivity contribution < 1.29 is 14.3 Å². The molecule has 3 unspecified atom stereocenters. The topological polar surface area (TPSA) is 50.8 Å². The van der Waals surface area contributed by atoms with Gasteiger partial charge in [-0.1, -0.05) is 0 Å². The van der Waals surface area contributed by atoms with Crippen molar-refractivity contribution in [2.45, 2.75) is 56.3 Å². The highest BCUT2D eigenvalue weighted by Gasteiger charge is 2.38. The maximum atomic E-state index is 11.9. The lowest BCUT2D eigenvalue weighted by molar-refractivity contribution is -0.145. The number of morpholine rings is 1. The fourth-order valence-electron chi connectivity index (χ4n) is 3.34. The third-order valence-corrected chi connectivity index (χ3v) is 4.51. The SMILES string of the molecule is COC(=O)C(CN1CCOC2CCCC21)NC1CC1. The van der Waals surface area contributed by atoms with Crippen LogP contribution in [0.15, 0.2) is 0 Å². The molecular formula is C14H24N2O3. The zero-order chi connectivity index (χ0) is 13.2. The van der Waals surface area contributed by atoms with Gasteiger partial charge < -0.3 is 14.8 Å². The number of nitrogens with zero attached hydrogens (tertiary/aromatic N) is 1. The summed E-state index contributed by atoms with van der Waals surface area (Å²) in [4.78, 5) is 14.3. The molecule has 0 aromatic carbocycles. The molecule has 0 radical (unpaired) electrons. The molecule has 3 rings (SSSR count).